The lowest BCUT2D eigenvalue weighted by Crippen LogP contribution is -2.47. The zero-order valence-corrected chi connectivity index (χ0v) is 49.0. The average Bonchev–Trinajstić information content (AvgIpc) is 3.94. The third-order valence-corrected chi connectivity index (χ3v) is 15.4. The number of ether oxygens (including phenoxy) is 4. The topological polar surface area (TPSA) is 294 Å². The van der Waals surface area contributed by atoms with Gasteiger partial charge in [-0.05, 0) is 82.6 Å². The second-order valence-electron chi connectivity index (χ2n) is 20.5. The lowest BCUT2D eigenvalue weighted by molar-refractivity contribution is -0.119. The maximum Gasteiger partial charge on any atom is 0.407 e. The Bertz CT molecular complexity index is 2830. The fourth-order valence-electron chi connectivity index (χ4n) is 9.72. The number of unbranched alkanes of at least 4 members (excludes halogenated alkanes) is 3. The number of nitrogens with zero attached hydrogens (tertiary/aromatic N) is 5. The van der Waals surface area contributed by atoms with Crippen LogP contribution in [-0.2, 0) is 28.5 Å². The van der Waals surface area contributed by atoms with Crippen LogP contribution in [0.1, 0.15) is 87.3 Å². The third-order valence-electron chi connectivity index (χ3n) is 14.2. The third kappa shape index (κ3) is 18.6. The highest BCUT2D eigenvalue weighted by Crippen LogP contribution is 2.32. The van der Waals surface area contributed by atoms with Crippen molar-refractivity contribution in [3.63, 3.8) is 0 Å². The normalized spacial score (nSPS) is 24.2. The number of hydrogen-bond acceptors (Lipinski definition) is 19. The Kier molecular flexibility index (Phi) is 24.2. The molecule has 1 aliphatic carbocycles. The molecule has 2 aliphatic heterocycles. The van der Waals surface area contributed by atoms with Gasteiger partial charge in [0.15, 0.2) is 11.2 Å². The summed E-state index contributed by atoms with van der Waals surface area (Å²) in [7, 11) is 2.94. The second-order valence-corrected chi connectivity index (χ2v) is 21.9. The molecular formula is C57H78ClN11O11S. The van der Waals surface area contributed by atoms with E-state index in [2.05, 4.69) is 51.3 Å². The van der Waals surface area contributed by atoms with Crippen molar-refractivity contribution in [3.8, 4) is 0 Å². The molecule has 2 unspecified atom stereocenters. The predicted molar refractivity (Wildman–Crippen MR) is 311 cm³/mol. The Labute approximate surface area is 482 Å². The molecule has 440 valence electrons. The number of allylic oxidation sites excluding steroid dienone is 3. The highest BCUT2D eigenvalue weighted by atomic mass is 35.5. The molecule has 81 heavy (non-hydrogen) atoms. The quantitative estimate of drug-likeness (QED) is 0.0454. The van der Waals surface area contributed by atoms with Gasteiger partial charge in [0, 0.05) is 83.2 Å². The Hall–Kier alpha value is -6.73. The summed E-state index contributed by atoms with van der Waals surface area (Å²) in [6, 6.07) is 7.29. The molecule has 24 heteroatoms. The van der Waals surface area contributed by atoms with E-state index in [4.69, 9.17) is 36.3 Å². The van der Waals surface area contributed by atoms with Crippen LogP contribution in [0.15, 0.2) is 89.0 Å². The molecule has 7 atom stereocenters. The van der Waals surface area contributed by atoms with Crippen LogP contribution >= 0.6 is 22.9 Å². The zero-order chi connectivity index (χ0) is 58.8. The standard InChI is InChI=1S/C57H78ClN11O11S/c1-33-27-39-49(42(70)30-41(51(39)72)65-53(73)35(3)16-14-18-43(77-7)52(80-55(59)75)37(5)29-36(4)50(71)44(28-33)78-8)60-19-11-9-10-12-20-61-57(76)79-26-25-68-21-23-69(24-22-68)47-31-46(63-38(6)64-47)66-56-62-32-45(81-56)54(74)67-48-34(2)15-13-17-40(48)58/h13-18,29-33,36,42-44,50,52,60,70-71H,9-12,19-28H2,1-8H3,(H2,59,75)(H,61,76)(H,65,73)(H,67,74)(H,62,63,64,66)/b18-14-,35-16+,37-29+/t33?,36-,42?,43-,44-,50-,52-/m0/s1. The van der Waals surface area contributed by atoms with Gasteiger partial charge >= 0.3 is 12.2 Å². The number of primary amides is 1. The highest BCUT2D eigenvalue weighted by molar-refractivity contribution is 7.17. The van der Waals surface area contributed by atoms with Crippen molar-refractivity contribution in [2.75, 3.05) is 82.2 Å². The van der Waals surface area contributed by atoms with E-state index in [-0.39, 0.29) is 36.1 Å². The van der Waals surface area contributed by atoms with Crippen LogP contribution in [0.2, 0.25) is 5.02 Å². The number of carbonyl (C=O) groups excluding carboxylic acids is 5. The first-order valence-corrected chi connectivity index (χ1v) is 28.4. The number of nitrogens with two attached hydrogens (primary N) is 1. The molecule has 1 fully saturated rings. The van der Waals surface area contributed by atoms with Crippen LogP contribution < -0.4 is 37.2 Å². The number of halogens is 1. The number of methoxy groups -OCH3 is 2. The van der Waals surface area contributed by atoms with Gasteiger partial charge in [-0.15, -0.1) is 0 Å². The average molecular weight is 1160 g/mol. The number of fused-ring (bicyclic) bond motifs is 2. The summed E-state index contributed by atoms with van der Waals surface area (Å²) in [5.74, 6) is -0.0968. The smallest absolute Gasteiger partial charge is 0.407 e. The largest absolute Gasteiger partial charge is 0.448 e. The van der Waals surface area contributed by atoms with Gasteiger partial charge in [-0.25, -0.2) is 24.5 Å². The Morgan fingerprint density at radius 2 is 1.70 bits per heavy atom. The van der Waals surface area contributed by atoms with E-state index in [1.54, 1.807) is 38.1 Å². The predicted octanol–water partition coefficient (Wildman–Crippen LogP) is 6.76. The number of aryl methyl sites for hydroxylation is 2. The number of alkyl carbamates (subject to hydrolysis) is 1. The van der Waals surface area contributed by atoms with Gasteiger partial charge < -0.3 is 66.4 Å². The molecule has 9 N–H and O–H groups in total. The molecule has 1 aromatic carbocycles. The highest BCUT2D eigenvalue weighted by Gasteiger charge is 2.34. The first-order valence-electron chi connectivity index (χ1n) is 27.2. The van der Waals surface area contributed by atoms with Gasteiger partial charge in [0.05, 0.1) is 40.5 Å². The van der Waals surface area contributed by atoms with E-state index >= 15 is 0 Å². The van der Waals surface area contributed by atoms with Crippen molar-refractivity contribution in [1.29, 1.82) is 0 Å². The van der Waals surface area contributed by atoms with E-state index in [9.17, 15) is 34.2 Å². The number of amides is 4. The molecule has 2 aromatic heterocycles. The van der Waals surface area contributed by atoms with E-state index in [0.717, 1.165) is 43.7 Å². The molecule has 3 aliphatic rings. The summed E-state index contributed by atoms with van der Waals surface area (Å²) in [6.45, 7) is 15.4. The van der Waals surface area contributed by atoms with Gasteiger partial charge in [0.25, 0.3) is 11.8 Å². The molecule has 1 saturated heterocycles. The van der Waals surface area contributed by atoms with E-state index < -0.39 is 60.3 Å². The molecule has 3 aromatic rings. The summed E-state index contributed by atoms with van der Waals surface area (Å²) >= 11 is 7.51. The van der Waals surface area contributed by atoms with Crippen LogP contribution in [0.3, 0.4) is 0 Å². The molecule has 22 nitrogen and oxygen atoms in total. The van der Waals surface area contributed by atoms with Gasteiger partial charge in [0.2, 0.25) is 5.78 Å². The maximum atomic E-state index is 14.2. The van der Waals surface area contributed by atoms with Crippen molar-refractivity contribution in [2.24, 2.45) is 17.6 Å². The first-order chi connectivity index (χ1) is 38.7. The molecule has 4 amide bonds. The Balaban J connectivity index is 0.924. The Morgan fingerprint density at radius 1 is 0.963 bits per heavy atom. The summed E-state index contributed by atoms with van der Waals surface area (Å²) in [5, 5.41) is 38.9. The molecule has 0 spiro atoms. The number of nitrogens with one attached hydrogen (secondary N) is 5. The maximum absolute atomic E-state index is 14.2. The van der Waals surface area contributed by atoms with Crippen LogP contribution in [0, 0.1) is 25.7 Å². The van der Waals surface area contributed by atoms with Crippen molar-refractivity contribution < 1.29 is 53.1 Å². The molecular weight excluding hydrogens is 1080 g/mol. The summed E-state index contributed by atoms with van der Waals surface area (Å²) in [5.41, 5.74) is 8.28. The SMILES string of the molecule is CO[C@H]1/C=C\C=C(/C)C(=O)NC2=CC(O)C(NCCCCCCNC(=O)OCCN3CCN(c4cc(Nc5ncc(C(=O)Nc6c(C)cccc6Cl)s5)nc(C)n4)CC3)=C(CC(C)C[C@H](OC)[C@@H](O)[C@@H](C)/C=C(\C)[C@@H]1OC(N)=O)C2=O. The number of piperazine rings is 1. The van der Waals surface area contributed by atoms with Crippen molar-refractivity contribution >= 4 is 75.2 Å². The number of ketones is 1. The van der Waals surface area contributed by atoms with Gasteiger partial charge in [0.1, 0.15) is 41.2 Å². The summed E-state index contributed by atoms with van der Waals surface area (Å²) in [6.07, 6.45) is 6.79. The number of aromatic nitrogens is 3. The van der Waals surface area contributed by atoms with E-state index in [1.807, 2.05) is 45.9 Å². The number of carbonyl (C=O) groups is 5. The van der Waals surface area contributed by atoms with Crippen molar-refractivity contribution in [3.05, 3.63) is 110 Å². The van der Waals surface area contributed by atoms with Gasteiger partial charge in [-0.3, -0.25) is 19.3 Å². The lowest BCUT2D eigenvalue weighted by Gasteiger charge is -2.35. The van der Waals surface area contributed by atoms with Gasteiger partial charge in [-0.2, -0.15) is 0 Å². The molecule has 6 rings (SSSR count). The summed E-state index contributed by atoms with van der Waals surface area (Å²) < 4.78 is 22.4. The number of thiazole rings is 1. The number of rotatable bonds is 19. The number of anilines is 4. The van der Waals surface area contributed by atoms with Crippen LogP contribution in [-0.4, -0.2) is 157 Å². The van der Waals surface area contributed by atoms with Crippen LogP contribution in [0.4, 0.5) is 32.0 Å². The number of hydrogen-bond donors (Lipinski definition) is 8. The second kappa shape index (κ2) is 30.9. The number of Topliss-reactive ketones (excluding diaryl/α,β-unsaturated/α-hetero) is 1. The number of benzene rings is 1. The molecule has 2 bridgehead atoms. The van der Waals surface area contributed by atoms with Crippen LogP contribution in [0.25, 0.3) is 0 Å². The van der Waals surface area contributed by atoms with Gasteiger partial charge in [-0.1, -0.05) is 86.1 Å². The van der Waals surface area contributed by atoms with E-state index in [0.29, 0.717) is 94.8 Å². The molecule has 0 saturated carbocycles. The van der Waals surface area contributed by atoms with Crippen LogP contribution in [0.5, 0.6) is 0 Å². The first kappa shape index (κ1) is 63.5. The monoisotopic (exact) mass is 1160 g/mol. The van der Waals surface area contributed by atoms with Crippen molar-refractivity contribution in [2.45, 2.75) is 111 Å². The van der Waals surface area contributed by atoms with E-state index in [1.165, 1.54) is 43.9 Å². The minimum atomic E-state index is -1.22. The minimum absolute atomic E-state index is 0.0562. The molecule has 0 radical (unpaired) electrons. The summed E-state index contributed by atoms with van der Waals surface area (Å²) in [4.78, 5) is 83.5. The molecule has 4 heterocycles. The lowest BCUT2D eigenvalue weighted by atomic mass is 9.84. The Morgan fingerprint density at radius 3 is 2.41 bits per heavy atom. The fourth-order valence-corrected chi connectivity index (χ4v) is 10.7. The number of aliphatic hydroxyl groups excluding tert-OH is 2. The zero-order valence-electron chi connectivity index (χ0n) is 47.4. The number of para-hydroxylation sites is 1. The van der Waals surface area contributed by atoms with Crippen molar-refractivity contribution in [1.82, 2.24) is 35.8 Å². The fraction of sp³-hybridized carbons (Fsp3) is 0.509. The number of aliphatic hydroxyl groups is 2. The minimum Gasteiger partial charge on any atom is -0.448 e.